The maximum atomic E-state index is 5.84. The highest BCUT2D eigenvalue weighted by Crippen LogP contribution is 2.35. The molecule has 3 nitrogen and oxygen atoms in total. The second-order valence-corrected chi connectivity index (χ2v) is 4.59. The minimum absolute atomic E-state index is 0.352. The molecule has 0 atom stereocenters. The molecule has 1 aliphatic rings. The van der Waals surface area contributed by atoms with E-state index in [1.54, 1.807) is 0 Å². The summed E-state index contributed by atoms with van der Waals surface area (Å²) < 4.78 is 0. The van der Waals surface area contributed by atoms with Crippen molar-refractivity contribution in [3.8, 4) is 0 Å². The number of nitrogens with one attached hydrogen (secondary N) is 1. The summed E-state index contributed by atoms with van der Waals surface area (Å²) in [5.74, 6) is 2.00. The first-order valence-electron chi connectivity index (χ1n) is 4.74. The van der Waals surface area contributed by atoms with E-state index in [2.05, 4.69) is 22.2 Å². The van der Waals surface area contributed by atoms with E-state index in [1.165, 1.54) is 4.90 Å². The molecule has 0 bridgehead atoms. The molecule has 1 aromatic heterocycles. The lowest BCUT2D eigenvalue weighted by Gasteiger charge is -2.08. The molecule has 0 unspecified atom stereocenters. The fraction of sp³-hybridized carbons (Fsp3) is 0.556. The first-order chi connectivity index (χ1) is 6.81. The van der Waals surface area contributed by atoms with Crippen LogP contribution in [0.15, 0.2) is 4.90 Å². The van der Waals surface area contributed by atoms with Crippen molar-refractivity contribution < 1.29 is 0 Å². The Labute approximate surface area is 92.7 Å². The lowest BCUT2D eigenvalue weighted by Crippen LogP contribution is -2.05. The van der Waals surface area contributed by atoms with Gasteiger partial charge in [0, 0.05) is 18.7 Å². The van der Waals surface area contributed by atoms with E-state index >= 15 is 0 Å². The first kappa shape index (κ1) is 10.1. The minimum atomic E-state index is 0.352. The Hall–Kier alpha value is -0.480. The van der Waals surface area contributed by atoms with E-state index in [1.807, 2.05) is 11.8 Å². The van der Waals surface area contributed by atoms with E-state index < -0.39 is 0 Å². The third kappa shape index (κ3) is 1.96. The van der Waals surface area contributed by atoms with Crippen molar-refractivity contribution in [2.24, 2.45) is 0 Å². The fourth-order valence-electron chi connectivity index (χ4n) is 1.40. The number of anilines is 1. The summed E-state index contributed by atoms with van der Waals surface area (Å²) in [6.07, 6.45) is 2.09. The number of halogens is 1. The van der Waals surface area contributed by atoms with Gasteiger partial charge < -0.3 is 5.32 Å². The zero-order valence-corrected chi connectivity index (χ0v) is 9.58. The van der Waals surface area contributed by atoms with Crippen molar-refractivity contribution >= 4 is 29.2 Å². The lowest BCUT2D eigenvalue weighted by atomic mass is 10.3. The number of aryl methyl sites for hydroxylation is 1. The van der Waals surface area contributed by atoms with Crippen LogP contribution in [-0.4, -0.2) is 22.3 Å². The molecule has 76 valence electrons. The maximum Gasteiger partial charge on any atom is 0.224 e. The Morgan fingerprint density at radius 1 is 1.50 bits per heavy atom. The second kappa shape index (κ2) is 4.36. The molecule has 0 aromatic carbocycles. The average Bonchev–Trinajstić information content (AvgIpc) is 2.61. The van der Waals surface area contributed by atoms with E-state index in [4.69, 9.17) is 11.6 Å². The molecule has 1 aliphatic heterocycles. The van der Waals surface area contributed by atoms with Crippen molar-refractivity contribution in [1.82, 2.24) is 9.97 Å². The SMILES string of the molecule is CCCNc1nc(Cl)nc2c1SCC2. The summed E-state index contributed by atoms with van der Waals surface area (Å²) in [6, 6.07) is 0. The summed E-state index contributed by atoms with van der Waals surface area (Å²) in [7, 11) is 0. The summed E-state index contributed by atoms with van der Waals surface area (Å²) in [4.78, 5) is 9.60. The number of nitrogens with zero attached hydrogens (tertiary/aromatic N) is 2. The van der Waals surface area contributed by atoms with Crippen LogP contribution >= 0.6 is 23.4 Å². The van der Waals surface area contributed by atoms with Crippen LogP contribution in [0.5, 0.6) is 0 Å². The van der Waals surface area contributed by atoms with Gasteiger partial charge in [-0.15, -0.1) is 11.8 Å². The molecule has 5 heteroatoms. The fourth-order valence-corrected chi connectivity index (χ4v) is 2.66. The molecule has 1 N–H and O–H groups in total. The van der Waals surface area contributed by atoms with E-state index in [9.17, 15) is 0 Å². The van der Waals surface area contributed by atoms with Crippen LogP contribution in [0, 0.1) is 0 Å². The largest absolute Gasteiger partial charge is 0.369 e. The molecule has 2 rings (SSSR count). The van der Waals surface area contributed by atoms with Crippen molar-refractivity contribution in [3.63, 3.8) is 0 Å². The molecule has 0 saturated heterocycles. The van der Waals surface area contributed by atoms with Gasteiger partial charge in [0.2, 0.25) is 5.28 Å². The van der Waals surface area contributed by atoms with Crippen LogP contribution in [0.25, 0.3) is 0 Å². The van der Waals surface area contributed by atoms with E-state index in [0.29, 0.717) is 5.28 Å². The average molecular weight is 230 g/mol. The number of rotatable bonds is 3. The van der Waals surface area contributed by atoms with Crippen LogP contribution in [0.4, 0.5) is 5.82 Å². The van der Waals surface area contributed by atoms with Gasteiger partial charge >= 0.3 is 0 Å². The van der Waals surface area contributed by atoms with Crippen molar-refractivity contribution in [2.45, 2.75) is 24.7 Å². The van der Waals surface area contributed by atoms with Gasteiger partial charge in [0.05, 0.1) is 10.6 Å². The number of aromatic nitrogens is 2. The second-order valence-electron chi connectivity index (χ2n) is 3.14. The van der Waals surface area contributed by atoms with Gasteiger partial charge in [0.25, 0.3) is 0 Å². The summed E-state index contributed by atoms with van der Waals surface area (Å²) in [5.41, 5.74) is 1.09. The van der Waals surface area contributed by atoms with E-state index in [-0.39, 0.29) is 0 Å². The molecule has 0 radical (unpaired) electrons. The Balaban J connectivity index is 2.29. The van der Waals surface area contributed by atoms with Gasteiger partial charge in [0.15, 0.2) is 0 Å². The first-order valence-corrected chi connectivity index (χ1v) is 6.10. The number of thioether (sulfide) groups is 1. The van der Waals surface area contributed by atoms with Crippen LogP contribution in [0.2, 0.25) is 5.28 Å². The highest BCUT2D eigenvalue weighted by atomic mass is 35.5. The normalized spacial score (nSPS) is 14.1. The van der Waals surface area contributed by atoms with E-state index in [0.717, 1.165) is 36.7 Å². The molecule has 0 saturated carbocycles. The molecule has 0 fully saturated rings. The van der Waals surface area contributed by atoms with Crippen LogP contribution in [0.3, 0.4) is 0 Å². The third-order valence-corrected chi connectivity index (χ3v) is 3.33. The molecular weight excluding hydrogens is 218 g/mol. The van der Waals surface area contributed by atoms with Crippen LogP contribution in [-0.2, 0) is 6.42 Å². The molecular formula is C9H12ClN3S. The molecule has 0 spiro atoms. The zero-order chi connectivity index (χ0) is 9.97. The Morgan fingerprint density at radius 3 is 3.14 bits per heavy atom. The predicted molar refractivity (Wildman–Crippen MR) is 60.3 cm³/mol. The topological polar surface area (TPSA) is 37.8 Å². The van der Waals surface area contributed by atoms with Gasteiger partial charge in [-0.1, -0.05) is 6.92 Å². The maximum absolute atomic E-state index is 5.84. The quantitative estimate of drug-likeness (QED) is 0.809. The number of fused-ring (bicyclic) bond motifs is 1. The summed E-state index contributed by atoms with van der Waals surface area (Å²) >= 11 is 7.64. The van der Waals surface area contributed by atoms with Crippen molar-refractivity contribution in [2.75, 3.05) is 17.6 Å². The molecule has 1 aromatic rings. The minimum Gasteiger partial charge on any atom is -0.369 e. The van der Waals surface area contributed by atoms with Gasteiger partial charge in [-0.05, 0) is 18.0 Å². The van der Waals surface area contributed by atoms with Crippen molar-refractivity contribution in [1.29, 1.82) is 0 Å². The Kier molecular flexibility index (Phi) is 3.13. The summed E-state index contributed by atoms with van der Waals surface area (Å²) in [6.45, 7) is 3.06. The van der Waals surface area contributed by atoms with Gasteiger partial charge in [0.1, 0.15) is 5.82 Å². The highest BCUT2D eigenvalue weighted by Gasteiger charge is 2.19. The van der Waals surface area contributed by atoms with Crippen LogP contribution in [0.1, 0.15) is 19.0 Å². The van der Waals surface area contributed by atoms with Gasteiger partial charge in [-0.2, -0.15) is 4.98 Å². The zero-order valence-electron chi connectivity index (χ0n) is 8.01. The number of hydrogen-bond donors (Lipinski definition) is 1. The predicted octanol–water partition coefficient (Wildman–Crippen LogP) is 2.60. The van der Waals surface area contributed by atoms with Crippen LogP contribution < -0.4 is 5.32 Å². The van der Waals surface area contributed by atoms with Gasteiger partial charge in [-0.3, -0.25) is 0 Å². The van der Waals surface area contributed by atoms with Crippen molar-refractivity contribution in [3.05, 3.63) is 11.0 Å². The molecule has 0 aliphatic carbocycles. The van der Waals surface area contributed by atoms with Gasteiger partial charge in [-0.25, -0.2) is 4.98 Å². The molecule has 14 heavy (non-hydrogen) atoms. The lowest BCUT2D eigenvalue weighted by molar-refractivity contribution is 0.929. The monoisotopic (exact) mass is 229 g/mol. The third-order valence-electron chi connectivity index (χ3n) is 2.04. The highest BCUT2D eigenvalue weighted by molar-refractivity contribution is 7.99. The smallest absolute Gasteiger partial charge is 0.224 e. The molecule has 2 heterocycles. The Morgan fingerprint density at radius 2 is 2.36 bits per heavy atom. The molecule has 0 amide bonds. The standard InChI is InChI=1S/C9H12ClN3S/c1-2-4-11-8-7-6(3-5-14-7)12-9(10)13-8/h2-5H2,1H3,(H,11,12,13). The number of hydrogen-bond acceptors (Lipinski definition) is 4. The summed E-state index contributed by atoms with van der Waals surface area (Å²) in [5, 5.41) is 3.63. The Bertz CT molecular complexity index is 343.